The second kappa shape index (κ2) is 7.21. The van der Waals surface area contributed by atoms with Crippen molar-refractivity contribution in [3.63, 3.8) is 0 Å². The average molecular weight is 461 g/mol. The van der Waals surface area contributed by atoms with E-state index in [4.69, 9.17) is 0 Å². The Kier molecular flexibility index (Phi) is 5.27. The van der Waals surface area contributed by atoms with Gasteiger partial charge in [-0.15, -0.1) is 0 Å². The van der Waals surface area contributed by atoms with Gasteiger partial charge in [-0.3, -0.25) is 4.79 Å². The largest absolute Gasteiger partial charge is 0.481 e. The Morgan fingerprint density at radius 3 is 2.15 bits per heavy atom. The Morgan fingerprint density at radius 2 is 1.52 bits per heavy atom. The molecule has 5 saturated carbocycles. The van der Waals surface area contributed by atoms with Crippen molar-refractivity contribution >= 4 is 5.97 Å². The summed E-state index contributed by atoms with van der Waals surface area (Å²) in [5, 5.41) is 32.0. The van der Waals surface area contributed by atoms with Crippen molar-refractivity contribution in [3.05, 3.63) is 0 Å². The maximum absolute atomic E-state index is 12.7. The van der Waals surface area contributed by atoms with Crippen LogP contribution < -0.4 is 0 Å². The summed E-state index contributed by atoms with van der Waals surface area (Å²) in [4.78, 5) is 12.7. The summed E-state index contributed by atoms with van der Waals surface area (Å²) < 4.78 is 0. The van der Waals surface area contributed by atoms with E-state index in [9.17, 15) is 20.1 Å². The molecule has 5 aliphatic rings. The van der Waals surface area contributed by atoms with Crippen LogP contribution in [0.3, 0.4) is 0 Å². The van der Waals surface area contributed by atoms with E-state index in [0.717, 1.165) is 44.9 Å². The summed E-state index contributed by atoms with van der Waals surface area (Å²) in [6.07, 6.45) is 9.39. The molecule has 0 aromatic carbocycles. The van der Waals surface area contributed by atoms with E-state index in [1.54, 1.807) is 0 Å². The Labute approximate surface area is 200 Å². The summed E-state index contributed by atoms with van der Waals surface area (Å²) >= 11 is 0. The van der Waals surface area contributed by atoms with E-state index in [2.05, 4.69) is 34.6 Å². The Morgan fingerprint density at radius 1 is 0.818 bits per heavy atom. The lowest BCUT2D eigenvalue weighted by molar-refractivity contribution is -0.250. The molecule has 33 heavy (non-hydrogen) atoms. The summed E-state index contributed by atoms with van der Waals surface area (Å²) in [5.41, 5.74) is -0.126. The van der Waals surface area contributed by atoms with Gasteiger partial charge in [0.25, 0.3) is 0 Å². The lowest BCUT2D eigenvalue weighted by Gasteiger charge is -2.72. The third-order valence-electron chi connectivity index (χ3n) is 13.5. The van der Waals surface area contributed by atoms with Crippen LogP contribution in [-0.2, 0) is 4.79 Å². The SMILES string of the molecule is C[C@H](O)C1CC[C@]2(C(=O)O)CC[C@]3(C)C(CCC4[C@@]5(C)CC[C@H](O)C(C)(C)C5CC[C@]43C)C12. The van der Waals surface area contributed by atoms with Gasteiger partial charge in [-0.1, -0.05) is 34.6 Å². The second-order valence-corrected chi connectivity index (χ2v) is 14.5. The molecule has 0 bridgehead atoms. The fourth-order valence-corrected chi connectivity index (χ4v) is 11.5. The van der Waals surface area contributed by atoms with Gasteiger partial charge in [-0.2, -0.15) is 0 Å². The van der Waals surface area contributed by atoms with Gasteiger partial charge in [0.1, 0.15) is 0 Å². The van der Waals surface area contributed by atoms with Gasteiger partial charge in [0.2, 0.25) is 0 Å². The van der Waals surface area contributed by atoms with E-state index in [0.29, 0.717) is 17.8 Å². The summed E-state index contributed by atoms with van der Waals surface area (Å²) in [5.74, 6) is 1.16. The molecule has 0 aromatic heterocycles. The van der Waals surface area contributed by atoms with Crippen LogP contribution in [0, 0.1) is 56.7 Å². The van der Waals surface area contributed by atoms with Crippen molar-refractivity contribution in [2.24, 2.45) is 56.7 Å². The van der Waals surface area contributed by atoms with Crippen LogP contribution in [0.5, 0.6) is 0 Å². The van der Waals surface area contributed by atoms with Gasteiger partial charge in [-0.25, -0.2) is 0 Å². The van der Waals surface area contributed by atoms with Crippen LogP contribution in [0.2, 0.25) is 0 Å². The number of carboxylic acid groups (broad SMARTS) is 1. The maximum atomic E-state index is 12.7. The molecule has 0 amide bonds. The van der Waals surface area contributed by atoms with E-state index < -0.39 is 17.5 Å². The normalized spacial score (nSPS) is 56.1. The Balaban J connectivity index is 1.56. The van der Waals surface area contributed by atoms with Gasteiger partial charge in [0.15, 0.2) is 0 Å². The molecule has 3 N–H and O–H groups in total. The predicted octanol–water partition coefficient (Wildman–Crippen LogP) is 5.89. The fourth-order valence-electron chi connectivity index (χ4n) is 11.5. The first-order chi connectivity index (χ1) is 15.3. The van der Waals surface area contributed by atoms with Gasteiger partial charge in [0.05, 0.1) is 17.6 Å². The van der Waals surface area contributed by atoms with Crippen LogP contribution in [0.4, 0.5) is 0 Å². The third-order valence-corrected chi connectivity index (χ3v) is 13.5. The van der Waals surface area contributed by atoms with Gasteiger partial charge in [0, 0.05) is 0 Å². The van der Waals surface area contributed by atoms with E-state index in [1.807, 2.05) is 6.92 Å². The molecule has 0 heterocycles. The van der Waals surface area contributed by atoms with Crippen molar-refractivity contribution in [2.45, 2.75) is 118 Å². The van der Waals surface area contributed by atoms with E-state index >= 15 is 0 Å². The predicted molar refractivity (Wildman–Crippen MR) is 129 cm³/mol. The van der Waals surface area contributed by atoms with Crippen LogP contribution in [-0.4, -0.2) is 33.5 Å². The van der Waals surface area contributed by atoms with Crippen molar-refractivity contribution in [1.82, 2.24) is 0 Å². The Hall–Kier alpha value is -0.610. The number of aliphatic hydroxyl groups is 2. The zero-order chi connectivity index (χ0) is 24.2. The van der Waals surface area contributed by atoms with E-state index in [1.165, 1.54) is 19.3 Å². The number of hydrogen-bond acceptors (Lipinski definition) is 3. The summed E-state index contributed by atoms with van der Waals surface area (Å²) in [6.45, 7) is 14.1. The fraction of sp³-hybridized carbons (Fsp3) is 0.966. The zero-order valence-electron chi connectivity index (χ0n) is 21.9. The molecule has 0 radical (unpaired) electrons. The van der Waals surface area contributed by atoms with Crippen molar-refractivity contribution in [1.29, 1.82) is 0 Å². The van der Waals surface area contributed by atoms with Crippen molar-refractivity contribution < 1.29 is 20.1 Å². The molecule has 4 heteroatoms. The minimum absolute atomic E-state index is 0.0417. The highest BCUT2D eigenvalue weighted by molar-refractivity contribution is 5.76. The monoisotopic (exact) mass is 460 g/mol. The lowest BCUT2D eigenvalue weighted by Crippen LogP contribution is -2.67. The minimum atomic E-state index is -0.632. The topological polar surface area (TPSA) is 77.8 Å². The maximum Gasteiger partial charge on any atom is 0.309 e. The van der Waals surface area contributed by atoms with Crippen LogP contribution in [0.15, 0.2) is 0 Å². The highest BCUT2D eigenvalue weighted by Crippen LogP contribution is 2.77. The van der Waals surface area contributed by atoms with Gasteiger partial charge >= 0.3 is 5.97 Å². The smallest absolute Gasteiger partial charge is 0.309 e. The summed E-state index contributed by atoms with van der Waals surface area (Å²) in [7, 11) is 0. The molecule has 0 aromatic rings. The molecule has 5 fully saturated rings. The number of carboxylic acids is 1. The molecular formula is C29H48O4. The molecule has 5 aliphatic carbocycles. The van der Waals surface area contributed by atoms with Gasteiger partial charge in [-0.05, 0) is 122 Å². The molecule has 5 rings (SSSR count). The number of aliphatic carboxylic acids is 1. The van der Waals surface area contributed by atoms with Crippen LogP contribution in [0.1, 0.15) is 106 Å². The van der Waals surface area contributed by atoms with Crippen molar-refractivity contribution in [2.75, 3.05) is 0 Å². The molecule has 0 aliphatic heterocycles. The number of carbonyl (C=O) groups is 1. The first-order valence-corrected chi connectivity index (χ1v) is 13.9. The molecule has 11 atom stereocenters. The van der Waals surface area contributed by atoms with Crippen LogP contribution in [0.25, 0.3) is 0 Å². The number of hydrogen-bond donors (Lipinski definition) is 3. The first-order valence-electron chi connectivity index (χ1n) is 13.9. The number of aliphatic hydroxyl groups excluding tert-OH is 2. The number of fused-ring (bicyclic) bond motifs is 7. The number of rotatable bonds is 2. The molecule has 0 spiro atoms. The standard InChI is InChI=1S/C29H48O4/c1-17(30)18-9-14-29(24(32)33)16-15-27(5)19(23(18)29)7-8-21-26(4)12-11-22(31)25(2,3)20(26)10-13-28(21,27)6/h17-23,30-31H,7-16H2,1-6H3,(H,32,33)/t17-,18?,19?,20?,21?,22-,23?,26-,27+,28+,29-/m0/s1. The minimum Gasteiger partial charge on any atom is -0.481 e. The molecule has 5 unspecified atom stereocenters. The van der Waals surface area contributed by atoms with E-state index in [-0.39, 0.29) is 39.6 Å². The van der Waals surface area contributed by atoms with Gasteiger partial charge < -0.3 is 15.3 Å². The third kappa shape index (κ3) is 2.80. The Bertz CT molecular complexity index is 820. The van der Waals surface area contributed by atoms with Crippen molar-refractivity contribution in [3.8, 4) is 0 Å². The molecule has 4 nitrogen and oxygen atoms in total. The second-order valence-electron chi connectivity index (χ2n) is 14.5. The molecule has 0 saturated heterocycles. The quantitative estimate of drug-likeness (QED) is 0.480. The first kappa shape index (κ1) is 24.1. The summed E-state index contributed by atoms with van der Waals surface area (Å²) in [6, 6.07) is 0. The average Bonchev–Trinajstić information content (AvgIpc) is 3.13. The van der Waals surface area contributed by atoms with Crippen LogP contribution >= 0.6 is 0 Å². The molecule has 188 valence electrons. The highest BCUT2D eigenvalue weighted by Gasteiger charge is 2.72. The highest BCUT2D eigenvalue weighted by atomic mass is 16.4. The zero-order valence-corrected chi connectivity index (χ0v) is 21.9. The lowest BCUT2D eigenvalue weighted by atomic mass is 9.32. The molecular weight excluding hydrogens is 412 g/mol.